The fourth-order valence-corrected chi connectivity index (χ4v) is 4.97. The van der Waals surface area contributed by atoms with Crippen LogP contribution in [0.3, 0.4) is 0 Å². The number of halogens is 3. The van der Waals surface area contributed by atoms with E-state index in [0.717, 1.165) is 4.47 Å². The average Bonchev–Trinajstić information content (AvgIpc) is 2.70. The summed E-state index contributed by atoms with van der Waals surface area (Å²) in [6.45, 7) is 6.89. The maximum atomic E-state index is 12.6. The van der Waals surface area contributed by atoms with Crippen molar-refractivity contribution in [3.8, 4) is 0 Å². The highest BCUT2D eigenvalue weighted by Crippen LogP contribution is 2.32. The zero-order valence-corrected chi connectivity index (χ0v) is 23.0. The van der Waals surface area contributed by atoms with Gasteiger partial charge in [-0.25, -0.2) is 0 Å². The Morgan fingerprint density at radius 2 is 1.78 bits per heavy atom. The molecule has 0 bridgehead atoms. The predicted octanol–water partition coefficient (Wildman–Crippen LogP) is 2.60. The first kappa shape index (κ1) is 27.7. The number of nitrogens with one attached hydrogen (secondary N) is 2. The van der Waals surface area contributed by atoms with Crippen molar-refractivity contribution in [3.63, 3.8) is 0 Å². The molecule has 1 saturated heterocycles. The molecule has 1 aliphatic rings. The molecule has 178 valence electrons. The molecule has 1 heterocycles. The van der Waals surface area contributed by atoms with Crippen LogP contribution in [0.15, 0.2) is 25.6 Å². The second kappa shape index (κ2) is 14.0. The molecule has 0 spiro atoms. The molecule has 1 fully saturated rings. The first-order valence-electron chi connectivity index (χ1n) is 10.5. The van der Waals surface area contributed by atoms with Crippen molar-refractivity contribution in [3.05, 3.63) is 31.1 Å². The summed E-state index contributed by atoms with van der Waals surface area (Å²) in [7, 11) is -0.568. The normalized spacial score (nSPS) is 16.4. The molecule has 0 aliphatic carbocycles. The molecule has 3 N–H and O–H groups in total. The Balaban J connectivity index is 1.95. The first-order chi connectivity index (χ1) is 15.2. The van der Waals surface area contributed by atoms with E-state index in [2.05, 4.69) is 77.2 Å². The third kappa shape index (κ3) is 8.70. The van der Waals surface area contributed by atoms with Crippen LogP contribution in [0.4, 0.5) is 0 Å². The lowest BCUT2D eigenvalue weighted by molar-refractivity contribution is -0.120. The van der Waals surface area contributed by atoms with Crippen molar-refractivity contribution in [1.29, 1.82) is 0 Å². The van der Waals surface area contributed by atoms with Gasteiger partial charge < -0.3 is 25.0 Å². The van der Waals surface area contributed by atoms with Crippen LogP contribution in [-0.2, 0) is 14.1 Å². The molecule has 12 heteroatoms. The monoisotopic (exact) mass is 639 g/mol. The molecule has 1 aromatic rings. The van der Waals surface area contributed by atoms with Gasteiger partial charge in [-0.15, -0.1) is 0 Å². The highest BCUT2D eigenvalue weighted by Gasteiger charge is 2.33. The van der Waals surface area contributed by atoms with Crippen LogP contribution < -0.4 is 10.6 Å². The summed E-state index contributed by atoms with van der Waals surface area (Å²) < 4.78 is 13.8. The van der Waals surface area contributed by atoms with Gasteiger partial charge >= 0.3 is 7.12 Å². The van der Waals surface area contributed by atoms with Gasteiger partial charge in [0.1, 0.15) is 0 Å². The van der Waals surface area contributed by atoms with Gasteiger partial charge in [0.15, 0.2) is 0 Å². The van der Waals surface area contributed by atoms with Gasteiger partial charge in [-0.2, -0.15) is 0 Å². The third-order valence-corrected chi connectivity index (χ3v) is 7.55. The van der Waals surface area contributed by atoms with Gasteiger partial charge in [0.05, 0.1) is 24.7 Å². The van der Waals surface area contributed by atoms with Crippen LogP contribution in [0, 0.1) is 5.92 Å². The number of carbonyl (C=O) groups is 2. The van der Waals surface area contributed by atoms with Gasteiger partial charge in [0.2, 0.25) is 5.91 Å². The zero-order valence-electron chi connectivity index (χ0n) is 18.2. The molecule has 8 nitrogen and oxygen atoms in total. The molecule has 1 aromatic carbocycles. The lowest BCUT2D eigenvalue weighted by Gasteiger charge is -2.31. The van der Waals surface area contributed by atoms with E-state index in [4.69, 9.17) is 14.4 Å². The Labute approximate surface area is 214 Å². The molecule has 2 amide bonds. The predicted molar refractivity (Wildman–Crippen MR) is 134 cm³/mol. The molecule has 1 atom stereocenters. The van der Waals surface area contributed by atoms with E-state index >= 15 is 0 Å². The van der Waals surface area contributed by atoms with Crippen LogP contribution in [-0.4, -0.2) is 80.9 Å². The van der Waals surface area contributed by atoms with Crippen LogP contribution in [0.2, 0.25) is 0 Å². The van der Waals surface area contributed by atoms with Crippen LogP contribution in [0.5, 0.6) is 0 Å². The van der Waals surface area contributed by atoms with Crippen molar-refractivity contribution < 1.29 is 24.0 Å². The van der Waals surface area contributed by atoms with E-state index in [1.165, 1.54) is 0 Å². The quantitative estimate of drug-likeness (QED) is 0.283. The molecule has 0 radical (unpaired) electrons. The molecule has 1 aliphatic heterocycles. The molecule has 2 rings (SSSR count). The molecule has 32 heavy (non-hydrogen) atoms. The average molecular weight is 642 g/mol. The Morgan fingerprint density at radius 1 is 1.16 bits per heavy atom. The Kier molecular flexibility index (Phi) is 12.2. The first-order valence-corrected chi connectivity index (χ1v) is 12.9. The molecule has 0 aromatic heterocycles. The number of β-amino-alcohol motifs (C(OH)–C–C–N with tert-alkyl or cyclic N) is 1. The van der Waals surface area contributed by atoms with E-state index in [9.17, 15) is 9.59 Å². The van der Waals surface area contributed by atoms with Gasteiger partial charge in [0.25, 0.3) is 5.91 Å². The van der Waals surface area contributed by atoms with Crippen molar-refractivity contribution in [2.45, 2.75) is 26.2 Å². The Hall–Kier alpha value is -0.495. The smallest absolute Gasteiger partial charge is 0.408 e. The van der Waals surface area contributed by atoms with Crippen LogP contribution >= 0.6 is 47.8 Å². The van der Waals surface area contributed by atoms with Crippen molar-refractivity contribution in [2.24, 2.45) is 5.92 Å². The number of hydrogen-bond acceptors (Lipinski definition) is 6. The number of amides is 2. The fourth-order valence-electron chi connectivity index (χ4n) is 3.34. The van der Waals surface area contributed by atoms with Crippen molar-refractivity contribution in [2.75, 3.05) is 46.0 Å². The summed E-state index contributed by atoms with van der Waals surface area (Å²) >= 11 is 10.2. The second-order valence-electron chi connectivity index (χ2n) is 7.88. The number of carbonyl (C=O) groups excluding carboxylic acids is 2. The molecular weight excluding hydrogens is 613 g/mol. The summed E-state index contributed by atoms with van der Waals surface area (Å²) in [5, 5.41) is 14.7. The topological polar surface area (TPSA) is 100 Å². The fraction of sp³-hybridized carbons (Fsp3) is 0.600. The summed E-state index contributed by atoms with van der Waals surface area (Å²) in [5.74, 6) is -0.717. The minimum Gasteiger partial charge on any atom is -0.408 e. The molecule has 0 saturated carbocycles. The Morgan fingerprint density at radius 3 is 2.38 bits per heavy atom. The van der Waals surface area contributed by atoms with Gasteiger partial charge in [-0.05, 0) is 72.3 Å². The zero-order chi connectivity index (χ0) is 23.7. The van der Waals surface area contributed by atoms with E-state index in [1.807, 2.05) is 6.07 Å². The number of benzene rings is 1. The highest BCUT2D eigenvalue weighted by atomic mass is 79.9. The van der Waals surface area contributed by atoms with Gasteiger partial charge in [0, 0.05) is 46.3 Å². The standard InChI is InChI=1S/C20H29BBr3N3O5/c1-13(2)11-16(21-31-9-6-27(5-8-28)7-10-32-21)26-17(29)12-25-20(30)18-14(22)3-4-15(23)19(18)24/h3-4,13,16,28H,5-12H2,1-2H3,(H,25,30)(H,26,29)/t16-/m0/s1. The summed E-state index contributed by atoms with van der Waals surface area (Å²) in [4.78, 5) is 27.3. The maximum absolute atomic E-state index is 12.6. The van der Waals surface area contributed by atoms with E-state index in [-0.39, 0.29) is 30.9 Å². The summed E-state index contributed by atoms with van der Waals surface area (Å²) in [5.41, 5.74) is 0.407. The van der Waals surface area contributed by atoms with Crippen molar-refractivity contribution in [1.82, 2.24) is 15.5 Å². The van der Waals surface area contributed by atoms with E-state index < -0.39 is 7.12 Å². The summed E-state index contributed by atoms with van der Waals surface area (Å²) in [6.07, 6.45) is 0.674. The third-order valence-electron chi connectivity index (χ3n) is 4.88. The van der Waals surface area contributed by atoms with Gasteiger partial charge in [-0.1, -0.05) is 13.8 Å². The number of nitrogens with zero attached hydrogens (tertiary/aromatic N) is 1. The number of hydrogen-bond donors (Lipinski definition) is 3. The largest absolute Gasteiger partial charge is 0.480 e. The SMILES string of the molecule is CC(C)C[C@H](NC(=O)CNC(=O)c1c(Br)ccc(Br)c1Br)B1OCCN(CCO)CCO1. The lowest BCUT2D eigenvalue weighted by Crippen LogP contribution is -2.54. The van der Waals surface area contributed by atoms with Gasteiger partial charge in [-0.3, -0.25) is 14.5 Å². The molecule has 0 unspecified atom stereocenters. The van der Waals surface area contributed by atoms with Crippen LogP contribution in [0.1, 0.15) is 30.6 Å². The lowest BCUT2D eigenvalue weighted by atomic mass is 9.73. The summed E-state index contributed by atoms with van der Waals surface area (Å²) in [6, 6.07) is 3.57. The minimum atomic E-state index is -0.568. The maximum Gasteiger partial charge on any atom is 0.480 e. The number of aliphatic hydroxyl groups excluding tert-OH is 1. The second-order valence-corrected chi connectivity index (χ2v) is 10.4. The number of rotatable bonds is 9. The van der Waals surface area contributed by atoms with E-state index in [0.29, 0.717) is 59.7 Å². The molecular formula is C20H29BBr3N3O5. The van der Waals surface area contributed by atoms with E-state index in [1.54, 1.807) is 6.07 Å². The minimum absolute atomic E-state index is 0.0915. The van der Waals surface area contributed by atoms with Crippen LogP contribution in [0.25, 0.3) is 0 Å². The van der Waals surface area contributed by atoms with Crippen molar-refractivity contribution >= 4 is 66.7 Å². The highest BCUT2D eigenvalue weighted by molar-refractivity contribution is 9.13. The number of aliphatic hydroxyl groups is 1. The Bertz CT molecular complexity index is 777.